The number of carbonyl (C=O) groups excluding carboxylic acids is 2. The van der Waals surface area contributed by atoms with E-state index < -0.39 is 24.5 Å². The number of aliphatic hydroxyl groups excluding tert-OH is 1. The van der Waals surface area contributed by atoms with Crippen LogP contribution in [0.3, 0.4) is 0 Å². The molecule has 1 unspecified atom stereocenters. The molecule has 10 heavy (non-hydrogen) atoms. The van der Waals surface area contributed by atoms with Gasteiger partial charge in [0, 0.05) is 12.4 Å². The standard InChI is InChI=1S/C4H6O5.Cr/c5-2(4(8)9)1-3(6)7;/h2,5H,1H2,(H,6,7)(H,8,9);/q;+2/p-2. The maximum absolute atomic E-state index is 9.58. The van der Waals surface area contributed by atoms with Crippen LogP contribution < -0.4 is 10.2 Å². The van der Waals surface area contributed by atoms with Gasteiger partial charge in [-0.05, 0) is 0 Å². The van der Waals surface area contributed by atoms with Crippen LogP contribution >= 0.6 is 0 Å². The van der Waals surface area contributed by atoms with Gasteiger partial charge < -0.3 is 24.9 Å². The van der Waals surface area contributed by atoms with E-state index >= 15 is 0 Å². The molecule has 0 spiro atoms. The van der Waals surface area contributed by atoms with Crippen LogP contribution in [-0.4, -0.2) is 23.1 Å². The first kappa shape index (κ1) is 12.1. The smallest absolute Gasteiger partial charge is 0.550 e. The second-order valence-electron chi connectivity index (χ2n) is 1.41. The largest absolute Gasteiger partial charge is 2.00 e. The number of rotatable bonds is 3. The molecule has 0 radical (unpaired) electrons. The Morgan fingerprint density at radius 1 is 1.40 bits per heavy atom. The number of carbonyl (C=O) groups is 2. The summed E-state index contributed by atoms with van der Waals surface area (Å²) in [5, 5.41) is 27.3. The molecule has 0 heterocycles. The van der Waals surface area contributed by atoms with Gasteiger partial charge in [-0.2, -0.15) is 0 Å². The summed E-state index contributed by atoms with van der Waals surface area (Å²) in [7, 11) is 0. The number of carboxylic acid groups (broad SMARTS) is 2. The fourth-order valence-electron chi connectivity index (χ4n) is 0.241. The van der Waals surface area contributed by atoms with Crippen LogP contribution in [0.2, 0.25) is 0 Å². The van der Waals surface area contributed by atoms with Crippen molar-refractivity contribution < 1.29 is 42.3 Å². The van der Waals surface area contributed by atoms with Gasteiger partial charge in [-0.1, -0.05) is 0 Å². The molecule has 1 N–H and O–H groups in total. The van der Waals surface area contributed by atoms with Crippen molar-refractivity contribution in [3.05, 3.63) is 0 Å². The van der Waals surface area contributed by atoms with E-state index in [-0.39, 0.29) is 17.4 Å². The van der Waals surface area contributed by atoms with Gasteiger partial charge in [0.25, 0.3) is 0 Å². The first-order chi connectivity index (χ1) is 4.04. The van der Waals surface area contributed by atoms with Crippen molar-refractivity contribution in [1.29, 1.82) is 0 Å². The fourth-order valence-corrected chi connectivity index (χ4v) is 0.241. The summed E-state index contributed by atoms with van der Waals surface area (Å²) in [5.74, 6) is -3.43. The Balaban J connectivity index is 0. The summed E-state index contributed by atoms with van der Waals surface area (Å²) >= 11 is 0. The van der Waals surface area contributed by atoms with Crippen molar-refractivity contribution in [2.45, 2.75) is 12.5 Å². The van der Waals surface area contributed by atoms with E-state index in [1.807, 2.05) is 0 Å². The fraction of sp³-hybridized carbons (Fsp3) is 0.500. The van der Waals surface area contributed by atoms with Gasteiger partial charge in [0.1, 0.15) is 0 Å². The van der Waals surface area contributed by atoms with Crippen molar-refractivity contribution in [1.82, 2.24) is 0 Å². The molecule has 0 aromatic rings. The maximum atomic E-state index is 9.58. The average molecular weight is 184 g/mol. The maximum Gasteiger partial charge on any atom is 2.00 e. The van der Waals surface area contributed by atoms with Crippen LogP contribution in [0, 0.1) is 0 Å². The molecule has 0 rings (SSSR count). The third kappa shape index (κ3) is 5.57. The average Bonchev–Trinajstić information content (AvgIpc) is 1.63. The van der Waals surface area contributed by atoms with E-state index in [2.05, 4.69) is 0 Å². The third-order valence-corrected chi connectivity index (χ3v) is 0.632. The van der Waals surface area contributed by atoms with Gasteiger partial charge in [-0.3, -0.25) is 0 Å². The Bertz CT molecular complexity index is 134. The molecule has 0 amide bonds. The van der Waals surface area contributed by atoms with Crippen LogP contribution in [0.15, 0.2) is 0 Å². The van der Waals surface area contributed by atoms with Crippen LogP contribution in [0.4, 0.5) is 0 Å². The summed E-state index contributed by atoms with van der Waals surface area (Å²) in [5.41, 5.74) is 0. The van der Waals surface area contributed by atoms with Crippen molar-refractivity contribution in [2.75, 3.05) is 0 Å². The summed E-state index contributed by atoms with van der Waals surface area (Å²) in [6.07, 6.45) is -2.89. The SMILES string of the molecule is O=C([O-])CC(O)C(=O)[O-].[Cr+2]. The number of aliphatic carboxylic acids is 2. The Labute approximate surface area is 67.4 Å². The molecular formula is C4H4CrO5. The van der Waals surface area contributed by atoms with E-state index in [0.29, 0.717) is 0 Å². The molecule has 6 heteroatoms. The Morgan fingerprint density at radius 2 is 1.80 bits per heavy atom. The number of hydrogen-bond acceptors (Lipinski definition) is 5. The van der Waals surface area contributed by atoms with Gasteiger partial charge in [0.15, 0.2) is 0 Å². The first-order valence-electron chi connectivity index (χ1n) is 2.13. The third-order valence-electron chi connectivity index (χ3n) is 0.632. The minimum Gasteiger partial charge on any atom is -0.550 e. The van der Waals surface area contributed by atoms with E-state index in [1.165, 1.54) is 0 Å². The van der Waals surface area contributed by atoms with Crippen LogP contribution in [0.1, 0.15) is 6.42 Å². The van der Waals surface area contributed by atoms with Crippen molar-refractivity contribution in [3.63, 3.8) is 0 Å². The van der Waals surface area contributed by atoms with Crippen LogP contribution in [0.25, 0.3) is 0 Å². The summed E-state index contributed by atoms with van der Waals surface area (Å²) < 4.78 is 0. The van der Waals surface area contributed by atoms with E-state index in [0.717, 1.165) is 0 Å². The minimum atomic E-state index is -1.96. The zero-order chi connectivity index (χ0) is 7.44. The predicted octanol–water partition coefficient (Wildman–Crippen LogP) is -3.77. The monoisotopic (exact) mass is 184 g/mol. The Kier molecular flexibility index (Phi) is 6.36. The normalized spacial score (nSPS) is 11.3. The molecule has 0 aliphatic carbocycles. The van der Waals surface area contributed by atoms with Gasteiger partial charge in [0.05, 0.1) is 12.1 Å². The second kappa shape index (κ2) is 5.24. The molecule has 0 bridgehead atoms. The second-order valence-corrected chi connectivity index (χ2v) is 1.41. The Hall–Kier alpha value is -0.568. The van der Waals surface area contributed by atoms with E-state index in [1.54, 1.807) is 0 Å². The van der Waals surface area contributed by atoms with E-state index in [9.17, 15) is 19.8 Å². The predicted molar refractivity (Wildman–Crippen MR) is 20.6 cm³/mol. The first-order valence-corrected chi connectivity index (χ1v) is 2.13. The van der Waals surface area contributed by atoms with E-state index in [4.69, 9.17) is 5.11 Å². The van der Waals surface area contributed by atoms with Crippen LogP contribution in [-0.2, 0) is 27.0 Å². The molecular weight excluding hydrogens is 180 g/mol. The molecule has 0 saturated heterocycles. The molecule has 1 atom stereocenters. The molecule has 0 fully saturated rings. The van der Waals surface area contributed by atoms with Crippen molar-refractivity contribution >= 4 is 11.9 Å². The Morgan fingerprint density at radius 3 is 1.90 bits per heavy atom. The number of aliphatic hydroxyl groups is 1. The number of carboxylic acids is 2. The zero-order valence-corrected chi connectivity index (χ0v) is 6.05. The quantitative estimate of drug-likeness (QED) is 0.485. The topological polar surface area (TPSA) is 100 Å². The molecule has 0 aromatic carbocycles. The van der Waals surface area contributed by atoms with Gasteiger partial charge >= 0.3 is 17.4 Å². The number of hydrogen-bond donors (Lipinski definition) is 1. The minimum absolute atomic E-state index is 0. The van der Waals surface area contributed by atoms with Crippen LogP contribution in [0.5, 0.6) is 0 Å². The van der Waals surface area contributed by atoms with Crippen molar-refractivity contribution in [2.24, 2.45) is 0 Å². The van der Waals surface area contributed by atoms with Gasteiger partial charge in [0.2, 0.25) is 0 Å². The molecule has 0 aliphatic rings. The summed E-state index contributed by atoms with van der Waals surface area (Å²) in [6.45, 7) is 0. The zero-order valence-electron chi connectivity index (χ0n) is 4.77. The van der Waals surface area contributed by atoms with Gasteiger partial charge in [-0.25, -0.2) is 0 Å². The molecule has 56 valence electrons. The summed E-state index contributed by atoms with van der Waals surface area (Å²) in [6, 6.07) is 0. The summed E-state index contributed by atoms with van der Waals surface area (Å²) in [4.78, 5) is 19.1. The van der Waals surface area contributed by atoms with Crippen molar-refractivity contribution in [3.8, 4) is 0 Å². The molecule has 0 saturated carbocycles. The molecule has 0 aliphatic heterocycles. The molecule has 5 nitrogen and oxygen atoms in total. The van der Waals surface area contributed by atoms with Gasteiger partial charge in [-0.15, -0.1) is 0 Å². The molecule has 0 aromatic heterocycles.